The third kappa shape index (κ3) is 6.19. The summed E-state index contributed by atoms with van der Waals surface area (Å²) in [6, 6.07) is 13.1. The van der Waals surface area contributed by atoms with Gasteiger partial charge >= 0.3 is 0 Å². The van der Waals surface area contributed by atoms with Crippen molar-refractivity contribution in [2.45, 2.75) is 45.8 Å². The van der Waals surface area contributed by atoms with Crippen LogP contribution in [0.25, 0.3) is 0 Å². The van der Waals surface area contributed by atoms with Gasteiger partial charge < -0.3 is 19.7 Å². The van der Waals surface area contributed by atoms with E-state index in [1.807, 2.05) is 44.2 Å². The first-order valence-electron chi connectivity index (χ1n) is 11.1. The third-order valence-electron chi connectivity index (χ3n) is 5.69. The second-order valence-corrected chi connectivity index (χ2v) is 10.2. The Morgan fingerprint density at radius 3 is 2.38 bits per heavy atom. The zero-order valence-electron chi connectivity index (χ0n) is 19.9. The van der Waals surface area contributed by atoms with E-state index in [2.05, 4.69) is 5.32 Å². The average molecular weight is 490 g/mol. The normalized spacial score (nSPS) is 14.2. The molecule has 0 fully saturated rings. The van der Waals surface area contributed by atoms with Crippen LogP contribution in [0.2, 0.25) is 0 Å². The topological polar surface area (TPSA) is 105 Å². The fraction of sp³-hybridized carbons (Fsp3) is 0.417. The lowest BCUT2D eigenvalue weighted by Gasteiger charge is -2.32. The van der Waals surface area contributed by atoms with Crippen LogP contribution in [-0.4, -0.2) is 56.8 Å². The van der Waals surface area contributed by atoms with Crippen LogP contribution in [0.15, 0.2) is 48.5 Å². The Hall–Kier alpha value is -3.27. The molecule has 0 saturated heterocycles. The lowest BCUT2D eigenvalue weighted by atomic mass is 10.1. The predicted octanol–water partition coefficient (Wildman–Crippen LogP) is 2.51. The van der Waals surface area contributed by atoms with Gasteiger partial charge in [0.25, 0.3) is 0 Å². The number of carbonyl (C=O) groups is 2. The molecule has 10 heteroatoms. The summed E-state index contributed by atoms with van der Waals surface area (Å²) in [6.07, 6.45) is 1.78. The van der Waals surface area contributed by atoms with Crippen LogP contribution >= 0.6 is 0 Å². The Morgan fingerprint density at radius 2 is 1.74 bits per heavy atom. The Morgan fingerprint density at radius 1 is 1.06 bits per heavy atom. The smallest absolute Gasteiger partial charge is 0.244 e. The molecule has 0 unspecified atom stereocenters. The molecule has 0 radical (unpaired) electrons. The molecule has 3 rings (SSSR count). The van der Waals surface area contributed by atoms with Gasteiger partial charge in [0.1, 0.15) is 12.6 Å². The summed E-state index contributed by atoms with van der Waals surface area (Å²) in [5, 5.41) is 2.90. The minimum Gasteiger partial charge on any atom is -0.454 e. The highest BCUT2D eigenvalue weighted by molar-refractivity contribution is 7.92. The number of fused-ring (bicyclic) bond motifs is 1. The van der Waals surface area contributed by atoms with Crippen molar-refractivity contribution in [3.63, 3.8) is 0 Å². The van der Waals surface area contributed by atoms with Crippen molar-refractivity contribution in [3.8, 4) is 11.5 Å². The molecular weight excluding hydrogens is 458 g/mol. The SMILES string of the molecule is CC[C@H](C)NC(=O)[C@H](C)N(Cc1ccccc1)C(=O)CN(c1ccc2c(c1)OCO2)S(C)(=O)=O. The number of hydrogen-bond donors (Lipinski definition) is 1. The number of hydrogen-bond acceptors (Lipinski definition) is 6. The maximum atomic E-state index is 13.5. The summed E-state index contributed by atoms with van der Waals surface area (Å²) in [5.41, 5.74) is 1.10. The molecule has 2 amide bonds. The standard InChI is InChI=1S/C24H31N3O6S/c1-5-17(2)25-24(29)18(3)26(14-19-9-7-6-8-10-19)23(28)15-27(34(4,30)31)20-11-12-21-22(13-20)33-16-32-21/h6-13,17-18H,5,14-16H2,1-4H3,(H,25,29)/t17-,18-/m0/s1. The second kappa shape index (κ2) is 10.8. The van der Waals surface area contributed by atoms with E-state index in [-0.39, 0.29) is 31.0 Å². The van der Waals surface area contributed by atoms with Crippen LogP contribution < -0.4 is 19.1 Å². The van der Waals surface area contributed by atoms with E-state index in [1.165, 1.54) is 11.0 Å². The van der Waals surface area contributed by atoms with Gasteiger partial charge in [-0.3, -0.25) is 13.9 Å². The first-order chi connectivity index (χ1) is 16.1. The predicted molar refractivity (Wildman–Crippen MR) is 129 cm³/mol. The lowest BCUT2D eigenvalue weighted by molar-refractivity contribution is -0.139. The summed E-state index contributed by atoms with van der Waals surface area (Å²) >= 11 is 0. The summed E-state index contributed by atoms with van der Waals surface area (Å²) in [7, 11) is -3.82. The van der Waals surface area contributed by atoms with Crippen molar-refractivity contribution in [2.75, 3.05) is 23.9 Å². The molecule has 1 aliphatic heterocycles. The molecule has 2 atom stereocenters. The van der Waals surface area contributed by atoms with Crippen LogP contribution in [0.1, 0.15) is 32.8 Å². The Kier molecular flexibility index (Phi) is 8.03. The Balaban J connectivity index is 1.89. The zero-order valence-corrected chi connectivity index (χ0v) is 20.7. The number of carbonyl (C=O) groups excluding carboxylic acids is 2. The lowest BCUT2D eigenvalue weighted by Crippen LogP contribution is -2.52. The highest BCUT2D eigenvalue weighted by Crippen LogP contribution is 2.36. The second-order valence-electron chi connectivity index (χ2n) is 8.31. The van der Waals surface area contributed by atoms with Crippen molar-refractivity contribution in [2.24, 2.45) is 0 Å². The van der Waals surface area contributed by atoms with Gasteiger partial charge in [0.2, 0.25) is 28.6 Å². The minimum atomic E-state index is -3.82. The first kappa shape index (κ1) is 25.4. The van der Waals surface area contributed by atoms with Gasteiger partial charge in [-0.2, -0.15) is 0 Å². The minimum absolute atomic E-state index is 0.0459. The number of rotatable bonds is 10. The molecule has 34 heavy (non-hydrogen) atoms. The average Bonchev–Trinajstić information content (AvgIpc) is 3.28. The van der Waals surface area contributed by atoms with Crippen LogP contribution in [0.5, 0.6) is 11.5 Å². The van der Waals surface area contributed by atoms with E-state index < -0.39 is 28.5 Å². The molecule has 0 aliphatic carbocycles. The van der Waals surface area contributed by atoms with Gasteiger partial charge in [0.05, 0.1) is 11.9 Å². The number of ether oxygens (including phenoxy) is 2. The van der Waals surface area contributed by atoms with Gasteiger partial charge in [0, 0.05) is 18.7 Å². The molecule has 184 valence electrons. The van der Waals surface area contributed by atoms with Crippen molar-refractivity contribution in [1.29, 1.82) is 0 Å². The highest BCUT2D eigenvalue weighted by Gasteiger charge is 2.31. The molecule has 2 aromatic carbocycles. The number of amides is 2. The summed E-state index contributed by atoms with van der Waals surface area (Å²) < 4.78 is 36.9. The van der Waals surface area contributed by atoms with Crippen LogP contribution in [0.3, 0.4) is 0 Å². The zero-order chi connectivity index (χ0) is 24.9. The van der Waals surface area contributed by atoms with Gasteiger partial charge in [-0.15, -0.1) is 0 Å². The molecule has 2 aromatic rings. The number of anilines is 1. The molecule has 1 aliphatic rings. The fourth-order valence-electron chi connectivity index (χ4n) is 3.48. The number of nitrogens with zero attached hydrogens (tertiary/aromatic N) is 2. The van der Waals surface area contributed by atoms with Gasteiger partial charge in [-0.25, -0.2) is 8.42 Å². The monoisotopic (exact) mass is 489 g/mol. The van der Waals surface area contributed by atoms with E-state index in [4.69, 9.17) is 9.47 Å². The maximum absolute atomic E-state index is 13.5. The van der Waals surface area contributed by atoms with E-state index >= 15 is 0 Å². The summed E-state index contributed by atoms with van der Waals surface area (Å²) in [4.78, 5) is 27.8. The molecule has 0 spiro atoms. The van der Waals surface area contributed by atoms with E-state index in [9.17, 15) is 18.0 Å². The van der Waals surface area contributed by atoms with Gasteiger partial charge in [-0.1, -0.05) is 37.3 Å². The van der Waals surface area contributed by atoms with Crippen molar-refractivity contribution >= 4 is 27.5 Å². The maximum Gasteiger partial charge on any atom is 0.244 e. The van der Waals surface area contributed by atoms with Crippen LogP contribution in [0.4, 0.5) is 5.69 Å². The van der Waals surface area contributed by atoms with Crippen molar-refractivity contribution < 1.29 is 27.5 Å². The molecule has 0 bridgehead atoms. The van der Waals surface area contributed by atoms with E-state index in [0.717, 1.165) is 22.5 Å². The van der Waals surface area contributed by atoms with Crippen LogP contribution in [0, 0.1) is 0 Å². The molecule has 1 heterocycles. The molecule has 0 aromatic heterocycles. The summed E-state index contributed by atoms with van der Waals surface area (Å²) in [6.45, 7) is 5.23. The fourth-order valence-corrected chi connectivity index (χ4v) is 4.32. The Bertz CT molecular complexity index is 1120. The first-order valence-corrected chi connectivity index (χ1v) is 13.0. The summed E-state index contributed by atoms with van der Waals surface area (Å²) in [5.74, 6) is 0.108. The molecule has 0 saturated carbocycles. The van der Waals surface area contributed by atoms with Gasteiger partial charge in [0.15, 0.2) is 11.5 Å². The number of benzene rings is 2. The van der Waals surface area contributed by atoms with Crippen molar-refractivity contribution in [1.82, 2.24) is 10.2 Å². The van der Waals surface area contributed by atoms with Gasteiger partial charge in [-0.05, 0) is 38.0 Å². The quantitative estimate of drug-likeness (QED) is 0.550. The Labute approximate surface area is 200 Å². The molecule has 9 nitrogen and oxygen atoms in total. The van der Waals surface area contributed by atoms with Crippen LogP contribution in [-0.2, 0) is 26.2 Å². The van der Waals surface area contributed by atoms with E-state index in [0.29, 0.717) is 11.5 Å². The third-order valence-corrected chi connectivity index (χ3v) is 6.83. The molecule has 1 N–H and O–H groups in total. The number of sulfonamides is 1. The van der Waals surface area contributed by atoms with E-state index in [1.54, 1.807) is 19.1 Å². The molecular formula is C24H31N3O6S. The highest BCUT2D eigenvalue weighted by atomic mass is 32.2. The van der Waals surface area contributed by atoms with Crippen molar-refractivity contribution in [3.05, 3.63) is 54.1 Å². The number of nitrogens with one attached hydrogen (secondary N) is 1. The largest absolute Gasteiger partial charge is 0.454 e.